The van der Waals surface area contributed by atoms with Gasteiger partial charge in [0.15, 0.2) is 0 Å². The van der Waals surface area contributed by atoms with E-state index in [4.69, 9.17) is 28.4 Å². The van der Waals surface area contributed by atoms with Crippen molar-refractivity contribution in [3.8, 4) is 23.0 Å². The van der Waals surface area contributed by atoms with Gasteiger partial charge in [-0.3, -0.25) is 4.98 Å². The quantitative estimate of drug-likeness (QED) is 0.147. The number of aromatic nitrogens is 1. The van der Waals surface area contributed by atoms with Gasteiger partial charge in [-0.05, 0) is 70.1 Å². The van der Waals surface area contributed by atoms with Crippen LogP contribution in [0.2, 0.25) is 0 Å². The molecule has 9 heteroatoms. The highest BCUT2D eigenvalue weighted by molar-refractivity contribution is 5.96. The number of hydrogen-bond acceptors (Lipinski definition) is 9. The van der Waals surface area contributed by atoms with Gasteiger partial charge in [-0.1, -0.05) is 24.3 Å². The van der Waals surface area contributed by atoms with Crippen molar-refractivity contribution < 1.29 is 38.0 Å². The van der Waals surface area contributed by atoms with Crippen molar-refractivity contribution >= 4 is 33.5 Å². The van der Waals surface area contributed by atoms with E-state index in [0.717, 1.165) is 21.5 Å². The maximum atomic E-state index is 12.3. The molecule has 7 rings (SSSR count). The number of epoxide rings is 2. The van der Waals surface area contributed by atoms with Gasteiger partial charge in [0, 0.05) is 6.07 Å². The molecule has 2 fully saturated rings. The summed E-state index contributed by atoms with van der Waals surface area (Å²) < 4.78 is 32.8. The standard InChI is InChI=1S/C33H25NO8/c35-32(39-18-30-16-37-30)24-3-1-22-11-26(7-5-20(22)9-24)41-28-13-29(15-34-14-28)42-27-8-6-21-10-25(4-2-23(21)12-27)33(36)40-19-31-17-38-31/h1-15,30-31H,16-19H2. The van der Waals surface area contributed by atoms with Crippen molar-refractivity contribution in [1.82, 2.24) is 4.98 Å². The molecule has 3 heterocycles. The number of hydrogen-bond donors (Lipinski definition) is 0. The Kier molecular flexibility index (Phi) is 6.87. The lowest BCUT2D eigenvalue weighted by Crippen LogP contribution is -2.09. The van der Waals surface area contributed by atoms with E-state index in [2.05, 4.69) is 4.98 Å². The van der Waals surface area contributed by atoms with Crippen molar-refractivity contribution in [2.24, 2.45) is 0 Å². The minimum atomic E-state index is -0.369. The second kappa shape index (κ2) is 11.1. The number of benzene rings is 4. The summed E-state index contributed by atoms with van der Waals surface area (Å²) in [5, 5.41) is 3.62. The monoisotopic (exact) mass is 563 g/mol. The average Bonchev–Trinajstić information content (AvgIpc) is 3.94. The Bertz CT molecular complexity index is 1680. The maximum Gasteiger partial charge on any atom is 0.338 e. The fourth-order valence-electron chi connectivity index (χ4n) is 4.44. The molecule has 4 aromatic carbocycles. The van der Waals surface area contributed by atoms with E-state index in [1.807, 2.05) is 48.5 Å². The lowest BCUT2D eigenvalue weighted by Gasteiger charge is -2.11. The Morgan fingerprint density at radius 1 is 0.595 bits per heavy atom. The number of esters is 2. The van der Waals surface area contributed by atoms with E-state index in [1.165, 1.54) is 0 Å². The number of pyridine rings is 1. The zero-order chi connectivity index (χ0) is 28.5. The van der Waals surface area contributed by atoms with Gasteiger partial charge in [0.05, 0.1) is 36.7 Å². The number of carbonyl (C=O) groups excluding carboxylic acids is 2. The fraction of sp³-hybridized carbons (Fsp3) is 0.182. The van der Waals surface area contributed by atoms with Crippen LogP contribution in [0.3, 0.4) is 0 Å². The first-order chi connectivity index (χ1) is 20.6. The van der Waals surface area contributed by atoms with Crippen LogP contribution in [0.25, 0.3) is 21.5 Å². The highest BCUT2D eigenvalue weighted by Gasteiger charge is 2.25. The molecule has 1 aromatic heterocycles. The molecule has 5 aromatic rings. The number of nitrogens with zero attached hydrogens (tertiary/aromatic N) is 1. The lowest BCUT2D eigenvalue weighted by atomic mass is 10.1. The van der Waals surface area contributed by atoms with E-state index in [-0.39, 0.29) is 37.4 Å². The normalized spacial score (nSPS) is 17.0. The zero-order valence-electron chi connectivity index (χ0n) is 22.4. The van der Waals surface area contributed by atoms with Crippen LogP contribution in [0.15, 0.2) is 91.3 Å². The van der Waals surface area contributed by atoms with Crippen LogP contribution in [-0.4, -0.2) is 55.6 Å². The van der Waals surface area contributed by atoms with Crippen LogP contribution >= 0.6 is 0 Å². The van der Waals surface area contributed by atoms with Gasteiger partial charge >= 0.3 is 11.9 Å². The SMILES string of the molecule is O=C(OCC1CO1)c1ccc2cc(Oc3cncc(Oc4ccc5cc(C(=O)OCC6CO6)ccc5c4)c3)ccc2c1. The van der Waals surface area contributed by atoms with E-state index in [0.29, 0.717) is 47.3 Å². The van der Waals surface area contributed by atoms with Crippen LogP contribution in [0.5, 0.6) is 23.0 Å². The molecular weight excluding hydrogens is 538 g/mol. The molecule has 2 atom stereocenters. The fourth-order valence-corrected chi connectivity index (χ4v) is 4.44. The minimum Gasteiger partial charge on any atom is -0.459 e. The van der Waals surface area contributed by atoms with E-state index < -0.39 is 0 Å². The molecule has 0 radical (unpaired) electrons. The van der Waals surface area contributed by atoms with Crippen molar-refractivity contribution in [3.05, 3.63) is 102 Å². The lowest BCUT2D eigenvalue weighted by molar-refractivity contribution is 0.0469. The Hall–Kier alpha value is -4.99. The second-order valence-electron chi connectivity index (χ2n) is 10.1. The second-order valence-corrected chi connectivity index (χ2v) is 10.1. The van der Waals surface area contributed by atoms with Crippen LogP contribution in [0, 0.1) is 0 Å². The van der Waals surface area contributed by atoms with Crippen LogP contribution in [-0.2, 0) is 18.9 Å². The summed E-state index contributed by atoms with van der Waals surface area (Å²) in [6.45, 7) is 1.83. The number of rotatable bonds is 10. The first kappa shape index (κ1) is 25.9. The van der Waals surface area contributed by atoms with Gasteiger partial charge in [0.25, 0.3) is 0 Å². The summed E-state index contributed by atoms with van der Waals surface area (Å²) in [5.74, 6) is 1.52. The molecule has 210 valence electrons. The maximum absolute atomic E-state index is 12.3. The highest BCUT2D eigenvalue weighted by atomic mass is 16.6. The predicted octanol–water partition coefficient (Wildman–Crippen LogP) is 6.08. The van der Waals surface area contributed by atoms with Gasteiger partial charge in [-0.15, -0.1) is 0 Å². The van der Waals surface area contributed by atoms with Gasteiger partial charge < -0.3 is 28.4 Å². The molecule has 0 N–H and O–H groups in total. The smallest absolute Gasteiger partial charge is 0.338 e. The Balaban J connectivity index is 1.01. The molecule has 42 heavy (non-hydrogen) atoms. The Labute approximate surface area is 240 Å². The summed E-state index contributed by atoms with van der Waals surface area (Å²) in [4.78, 5) is 28.9. The van der Waals surface area contributed by atoms with Gasteiger partial charge in [0.1, 0.15) is 48.4 Å². The summed E-state index contributed by atoms with van der Waals surface area (Å²) in [6.07, 6.45) is 3.27. The molecule has 9 nitrogen and oxygen atoms in total. The summed E-state index contributed by atoms with van der Waals surface area (Å²) in [5.41, 5.74) is 0.976. The summed E-state index contributed by atoms with van der Waals surface area (Å²) in [7, 11) is 0. The molecule has 2 unspecified atom stereocenters. The third-order valence-corrected chi connectivity index (χ3v) is 6.86. The van der Waals surface area contributed by atoms with E-state index in [9.17, 15) is 9.59 Å². The van der Waals surface area contributed by atoms with E-state index >= 15 is 0 Å². The predicted molar refractivity (Wildman–Crippen MR) is 152 cm³/mol. The van der Waals surface area contributed by atoms with Crippen molar-refractivity contribution in [2.75, 3.05) is 26.4 Å². The van der Waals surface area contributed by atoms with Gasteiger partial charge in [-0.25, -0.2) is 9.59 Å². The molecule has 0 saturated carbocycles. The topological polar surface area (TPSA) is 109 Å². The Morgan fingerprint density at radius 3 is 1.48 bits per heavy atom. The van der Waals surface area contributed by atoms with Gasteiger partial charge in [-0.2, -0.15) is 0 Å². The third kappa shape index (κ3) is 6.17. The molecule has 0 aliphatic carbocycles. The molecule has 0 bridgehead atoms. The first-order valence-corrected chi connectivity index (χ1v) is 13.5. The average molecular weight is 564 g/mol. The van der Waals surface area contributed by atoms with Crippen molar-refractivity contribution in [1.29, 1.82) is 0 Å². The molecular formula is C33H25NO8. The first-order valence-electron chi connectivity index (χ1n) is 13.5. The number of fused-ring (bicyclic) bond motifs is 2. The molecule has 2 saturated heterocycles. The highest BCUT2D eigenvalue weighted by Crippen LogP contribution is 2.31. The zero-order valence-corrected chi connectivity index (χ0v) is 22.4. The largest absolute Gasteiger partial charge is 0.459 e. The third-order valence-electron chi connectivity index (χ3n) is 6.86. The van der Waals surface area contributed by atoms with Crippen molar-refractivity contribution in [2.45, 2.75) is 12.2 Å². The summed E-state index contributed by atoms with van der Waals surface area (Å²) >= 11 is 0. The summed E-state index contributed by atoms with van der Waals surface area (Å²) in [6, 6.07) is 23.8. The molecule has 2 aliphatic heterocycles. The minimum absolute atomic E-state index is 0.0279. The van der Waals surface area contributed by atoms with Crippen LogP contribution in [0.1, 0.15) is 20.7 Å². The Morgan fingerprint density at radius 2 is 1.02 bits per heavy atom. The van der Waals surface area contributed by atoms with Crippen LogP contribution < -0.4 is 9.47 Å². The van der Waals surface area contributed by atoms with Crippen molar-refractivity contribution in [3.63, 3.8) is 0 Å². The van der Waals surface area contributed by atoms with Gasteiger partial charge in [0.2, 0.25) is 0 Å². The molecule has 2 aliphatic rings. The molecule has 0 spiro atoms. The van der Waals surface area contributed by atoms with Crippen LogP contribution in [0.4, 0.5) is 0 Å². The number of carbonyl (C=O) groups is 2. The number of ether oxygens (including phenoxy) is 6. The molecule has 0 amide bonds. The van der Waals surface area contributed by atoms with E-state index in [1.54, 1.807) is 42.7 Å².